The minimum atomic E-state index is -4.48. The molecule has 1 unspecified atom stereocenters. The topological polar surface area (TPSA) is 62.1 Å². The number of nitrogens with one attached hydrogen (secondary N) is 1. The van der Waals surface area contributed by atoms with Gasteiger partial charge in [-0.25, -0.2) is 0 Å². The van der Waals surface area contributed by atoms with Crippen molar-refractivity contribution in [2.75, 3.05) is 11.9 Å². The van der Waals surface area contributed by atoms with Crippen LogP contribution in [0.1, 0.15) is 25.8 Å². The van der Waals surface area contributed by atoms with Crippen LogP contribution in [0.2, 0.25) is 0 Å². The molecule has 1 atom stereocenters. The van der Waals surface area contributed by atoms with E-state index in [-0.39, 0.29) is 23.1 Å². The van der Waals surface area contributed by atoms with Gasteiger partial charge in [0, 0.05) is 11.6 Å². The summed E-state index contributed by atoms with van der Waals surface area (Å²) in [6.07, 6.45) is -3.82. The lowest BCUT2D eigenvalue weighted by Gasteiger charge is -2.13. The summed E-state index contributed by atoms with van der Waals surface area (Å²) in [4.78, 5) is 11.7. The number of amides is 1. The Bertz CT molecular complexity index is 550. The van der Waals surface area contributed by atoms with Crippen LogP contribution in [-0.4, -0.2) is 18.7 Å². The summed E-state index contributed by atoms with van der Waals surface area (Å²) < 4.78 is 40.8. The molecule has 0 saturated heterocycles. The molecule has 0 fully saturated rings. The van der Waals surface area contributed by atoms with E-state index < -0.39 is 12.8 Å². The average Bonchev–Trinajstić information content (AvgIpc) is 2.43. The lowest BCUT2D eigenvalue weighted by Crippen LogP contribution is -2.20. The largest absolute Gasteiger partial charge is 0.483 e. The monoisotopic (exact) mass is 300 g/mol. The number of nitrogens with zero attached hydrogens (tertiary/aromatic N) is 1. The van der Waals surface area contributed by atoms with Crippen molar-refractivity contribution in [3.63, 3.8) is 0 Å². The van der Waals surface area contributed by atoms with Gasteiger partial charge in [-0.3, -0.25) is 4.79 Å². The lowest BCUT2D eigenvalue weighted by molar-refractivity contribution is -0.153. The van der Waals surface area contributed by atoms with Crippen molar-refractivity contribution in [2.45, 2.75) is 26.4 Å². The maximum atomic E-state index is 12.1. The molecule has 1 amide bonds. The molecule has 114 valence electrons. The molecule has 1 aromatic carbocycles. The predicted octanol–water partition coefficient (Wildman–Crippen LogP) is 3.48. The molecule has 0 aliphatic heterocycles. The third-order valence-corrected chi connectivity index (χ3v) is 2.82. The molecule has 21 heavy (non-hydrogen) atoms. The molecular formula is C14H15F3N2O2. The number of carbonyl (C=O) groups excluding carboxylic acids is 1. The van der Waals surface area contributed by atoms with Crippen LogP contribution in [0.4, 0.5) is 18.9 Å². The lowest BCUT2D eigenvalue weighted by atomic mass is 10.1. The van der Waals surface area contributed by atoms with Crippen LogP contribution in [-0.2, 0) is 4.79 Å². The van der Waals surface area contributed by atoms with Gasteiger partial charge >= 0.3 is 6.18 Å². The van der Waals surface area contributed by atoms with E-state index in [0.29, 0.717) is 12.1 Å². The van der Waals surface area contributed by atoms with E-state index in [2.05, 4.69) is 10.1 Å². The van der Waals surface area contributed by atoms with Gasteiger partial charge in [-0.15, -0.1) is 0 Å². The van der Waals surface area contributed by atoms with Crippen molar-refractivity contribution in [1.82, 2.24) is 0 Å². The van der Waals surface area contributed by atoms with E-state index in [1.807, 2.05) is 6.92 Å². The summed E-state index contributed by atoms with van der Waals surface area (Å²) in [6, 6.07) is 5.66. The first-order valence-electron chi connectivity index (χ1n) is 6.31. The first-order chi connectivity index (χ1) is 9.76. The number of benzene rings is 1. The molecule has 1 rings (SSSR count). The highest BCUT2D eigenvalue weighted by Crippen LogP contribution is 2.25. The van der Waals surface area contributed by atoms with Crippen LogP contribution in [0, 0.1) is 17.2 Å². The number of carbonyl (C=O) groups is 1. The molecule has 0 spiro atoms. The van der Waals surface area contributed by atoms with Gasteiger partial charge in [-0.2, -0.15) is 18.4 Å². The Labute approximate surface area is 120 Å². The summed E-state index contributed by atoms with van der Waals surface area (Å²) in [6.45, 7) is 2.14. The molecule has 0 radical (unpaired) electrons. The first kappa shape index (κ1) is 16.8. The Kier molecular flexibility index (Phi) is 5.59. The van der Waals surface area contributed by atoms with Gasteiger partial charge in [-0.05, 0) is 24.6 Å². The van der Waals surface area contributed by atoms with Gasteiger partial charge in [-0.1, -0.05) is 13.8 Å². The Morgan fingerprint density at radius 2 is 2.14 bits per heavy atom. The van der Waals surface area contributed by atoms with Crippen molar-refractivity contribution in [3.05, 3.63) is 23.8 Å². The molecule has 0 aliphatic rings. The summed E-state index contributed by atoms with van der Waals surface area (Å²) in [5, 5.41) is 11.5. The normalized spacial score (nSPS) is 12.4. The van der Waals surface area contributed by atoms with E-state index in [1.165, 1.54) is 18.2 Å². The highest BCUT2D eigenvalue weighted by molar-refractivity contribution is 5.92. The maximum absolute atomic E-state index is 12.1. The van der Waals surface area contributed by atoms with Crippen molar-refractivity contribution in [3.8, 4) is 11.8 Å². The number of hydrogen-bond acceptors (Lipinski definition) is 3. The Balaban J connectivity index is 2.84. The summed E-state index contributed by atoms with van der Waals surface area (Å²) >= 11 is 0. The van der Waals surface area contributed by atoms with E-state index in [1.54, 1.807) is 13.0 Å². The maximum Gasteiger partial charge on any atom is 0.422 e. The van der Waals surface area contributed by atoms with Crippen molar-refractivity contribution in [1.29, 1.82) is 5.26 Å². The minimum Gasteiger partial charge on any atom is -0.483 e. The van der Waals surface area contributed by atoms with Crippen LogP contribution in [0.5, 0.6) is 5.75 Å². The number of nitriles is 1. The highest BCUT2D eigenvalue weighted by Gasteiger charge is 2.28. The fraction of sp³-hybridized carbons (Fsp3) is 0.429. The molecule has 1 aromatic rings. The molecule has 0 aliphatic carbocycles. The summed E-state index contributed by atoms with van der Waals surface area (Å²) in [7, 11) is 0. The predicted molar refractivity (Wildman–Crippen MR) is 70.8 cm³/mol. The van der Waals surface area contributed by atoms with Gasteiger partial charge in [0.15, 0.2) is 6.61 Å². The molecule has 1 N–H and O–H groups in total. The van der Waals surface area contributed by atoms with Gasteiger partial charge in [0.2, 0.25) is 5.91 Å². The van der Waals surface area contributed by atoms with Crippen LogP contribution in [0.25, 0.3) is 0 Å². The summed E-state index contributed by atoms with van der Waals surface area (Å²) in [5.74, 6) is -0.585. The molecular weight excluding hydrogens is 285 g/mol. The number of anilines is 1. The second-order valence-electron chi connectivity index (χ2n) is 4.53. The minimum absolute atomic E-state index is 0.0683. The van der Waals surface area contributed by atoms with Crippen molar-refractivity contribution in [2.24, 2.45) is 5.92 Å². The van der Waals surface area contributed by atoms with E-state index >= 15 is 0 Å². The fourth-order valence-electron chi connectivity index (χ4n) is 1.43. The van der Waals surface area contributed by atoms with E-state index in [0.717, 1.165) is 0 Å². The quantitative estimate of drug-likeness (QED) is 0.905. The fourth-order valence-corrected chi connectivity index (χ4v) is 1.43. The van der Waals surface area contributed by atoms with E-state index in [4.69, 9.17) is 5.26 Å². The van der Waals surface area contributed by atoms with Gasteiger partial charge < -0.3 is 10.1 Å². The molecule has 0 bridgehead atoms. The molecule has 0 heterocycles. The third-order valence-electron chi connectivity index (χ3n) is 2.82. The Morgan fingerprint density at radius 3 is 2.67 bits per heavy atom. The highest BCUT2D eigenvalue weighted by atomic mass is 19.4. The third kappa shape index (κ3) is 5.34. The zero-order valence-corrected chi connectivity index (χ0v) is 11.6. The molecule has 0 aromatic heterocycles. The van der Waals surface area contributed by atoms with Gasteiger partial charge in [0.1, 0.15) is 11.8 Å². The van der Waals surface area contributed by atoms with Crippen LogP contribution < -0.4 is 10.1 Å². The van der Waals surface area contributed by atoms with Gasteiger partial charge in [0.25, 0.3) is 0 Å². The number of hydrogen-bond donors (Lipinski definition) is 1. The van der Waals surface area contributed by atoms with Crippen molar-refractivity contribution < 1.29 is 22.7 Å². The molecule has 7 heteroatoms. The zero-order valence-electron chi connectivity index (χ0n) is 11.6. The van der Waals surface area contributed by atoms with Crippen LogP contribution in [0.15, 0.2) is 18.2 Å². The van der Waals surface area contributed by atoms with Crippen LogP contribution >= 0.6 is 0 Å². The Morgan fingerprint density at radius 1 is 1.48 bits per heavy atom. The average molecular weight is 300 g/mol. The number of ether oxygens (including phenoxy) is 1. The van der Waals surface area contributed by atoms with E-state index in [9.17, 15) is 18.0 Å². The molecule has 0 saturated carbocycles. The zero-order chi connectivity index (χ0) is 16.0. The number of halogens is 3. The molecule has 4 nitrogen and oxygen atoms in total. The number of alkyl halides is 3. The van der Waals surface area contributed by atoms with Crippen LogP contribution in [0.3, 0.4) is 0 Å². The van der Waals surface area contributed by atoms with Gasteiger partial charge in [0.05, 0.1) is 5.56 Å². The second-order valence-corrected chi connectivity index (χ2v) is 4.53. The smallest absolute Gasteiger partial charge is 0.422 e. The Hall–Kier alpha value is -2.23. The summed E-state index contributed by atoms with van der Waals surface area (Å²) in [5.41, 5.74) is 0.275. The standard InChI is InChI=1S/C14H15F3N2O2/c1-3-9(2)13(20)19-11-4-5-12(10(6-11)7-18)21-8-14(15,16)17/h4-6,9H,3,8H2,1-2H3,(H,19,20). The SMILES string of the molecule is CCC(C)C(=O)Nc1ccc(OCC(F)(F)F)c(C#N)c1. The second kappa shape index (κ2) is 6.97. The van der Waals surface area contributed by atoms with Crippen molar-refractivity contribution >= 4 is 11.6 Å². The number of rotatable bonds is 5. The first-order valence-corrected chi connectivity index (χ1v) is 6.31.